The molecule has 0 radical (unpaired) electrons. The lowest BCUT2D eigenvalue weighted by molar-refractivity contribution is -0.134. The van der Waals surface area contributed by atoms with Gasteiger partial charge in [-0.1, -0.05) is 45.4 Å². The number of hydrogen-bond acceptors (Lipinski definition) is 2. The molecule has 0 fully saturated rings. The summed E-state index contributed by atoms with van der Waals surface area (Å²) < 4.78 is 4.03. The third-order valence-corrected chi connectivity index (χ3v) is 2.24. The van der Waals surface area contributed by atoms with Crippen molar-refractivity contribution in [3.63, 3.8) is 0 Å². The standard InChI is InChI=1S/C10H19ClO2/c1-2-3-4-5-6-7-8-9-10(12)13-11/h2-9H2,1H3. The molecule has 0 aliphatic rings. The molecule has 0 aliphatic carbocycles. The fraction of sp³-hybridized carbons (Fsp3) is 0.900. The zero-order valence-corrected chi connectivity index (χ0v) is 9.11. The molecule has 0 atom stereocenters. The Labute approximate surface area is 85.8 Å². The maximum absolute atomic E-state index is 10.6. The number of carbonyl (C=O) groups excluding carboxylic acids is 1. The number of rotatable bonds is 8. The summed E-state index contributed by atoms with van der Waals surface area (Å²) in [6.45, 7) is 2.20. The van der Waals surface area contributed by atoms with Crippen molar-refractivity contribution >= 4 is 17.8 Å². The van der Waals surface area contributed by atoms with E-state index in [1.54, 1.807) is 0 Å². The number of halogens is 1. The van der Waals surface area contributed by atoms with E-state index in [4.69, 9.17) is 11.9 Å². The first-order valence-electron chi connectivity index (χ1n) is 5.12. The Morgan fingerprint density at radius 1 is 1.08 bits per heavy atom. The average molecular weight is 207 g/mol. The highest BCUT2D eigenvalue weighted by Gasteiger charge is 2.00. The number of hydrogen-bond donors (Lipinski definition) is 0. The maximum atomic E-state index is 10.6. The van der Waals surface area contributed by atoms with Crippen LogP contribution >= 0.6 is 11.9 Å². The predicted molar refractivity (Wildman–Crippen MR) is 54.6 cm³/mol. The van der Waals surface area contributed by atoms with E-state index < -0.39 is 0 Å². The first-order valence-corrected chi connectivity index (χ1v) is 5.43. The first kappa shape index (κ1) is 12.8. The third kappa shape index (κ3) is 9.68. The summed E-state index contributed by atoms with van der Waals surface area (Å²) in [6, 6.07) is 0. The van der Waals surface area contributed by atoms with Crippen LogP contribution in [-0.2, 0) is 9.08 Å². The van der Waals surface area contributed by atoms with Gasteiger partial charge in [0, 0.05) is 6.42 Å². The molecule has 13 heavy (non-hydrogen) atoms. The second-order valence-electron chi connectivity index (χ2n) is 3.32. The third-order valence-electron chi connectivity index (χ3n) is 2.07. The van der Waals surface area contributed by atoms with Gasteiger partial charge >= 0.3 is 5.97 Å². The fourth-order valence-corrected chi connectivity index (χ4v) is 1.34. The summed E-state index contributed by atoms with van der Waals surface area (Å²) in [5.41, 5.74) is 0. The molecule has 78 valence electrons. The molecular formula is C10H19ClO2. The predicted octanol–water partition coefficient (Wildman–Crippen LogP) is 3.82. The van der Waals surface area contributed by atoms with E-state index in [-0.39, 0.29) is 5.97 Å². The van der Waals surface area contributed by atoms with Crippen LogP contribution in [0, 0.1) is 0 Å². The Kier molecular flexibility index (Phi) is 9.66. The molecule has 0 unspecified atom stereocenters. The highest BCUT2D eigenvalue weighted by Crippen LogP contribution is 2.08. The van der Waals surface area contributed by atoms with Gasteiger partial charge in [0.2, 0.25) is 0 Å². The topological polar surface area (TPSA) is 26.3 Å². The quantitative estimate of drug-likeness (QED) is 0.565. The minimum absolute atomic E-state index is 0.310. The SMILES string of the molecule is CCCCCCCCCC(=O)OCl. The fourth-order valence-electron chi connectivity index (χ4n) is 1.27. The second kappa shape index (κ2) is 9.85. The molecular weight excluding hydrogens is 188 g/mol. The van der Waals surface area contributed by atoms with E-state index in [0.717, 1.165) is 12.8 Å². The van der Waals surface area contributed by atoms with Gasteiger partial charge in [-0.05, 0) is 6.42 Å². The smallest absolute Gasteiger partial charge is 0.324 e. The molecule has 2 nitrogen and oxygen atoms in total. The van der Waals surface area contributed by atoms with E-state index in [0.29, 0.717) is 6.42 Å². The zero-order valence-electron chi connectivity index (χ0n) is 8.35. The normalized spacial score (nSPS) is 10.0. The average Bonchev–Trinajstić information content (AvgIpc) is 2.16. The molecule has 0 N–H and O–H groups in total. The van der Waals surface area contributed by atoms with E-state index in [9.17, 15) is 4.79 Å². The Morgan fingerprint density at radius 3 is 2.15 bits per heavy atom. The molecule has 0 aromatic carbocycles. The van der Waals surface area contributed by atoms with Crippen molar-refractivity contribution in [2.75, 3.05) is 0 Å². The molecule has 0 heterocycles. The van der Waals surface area contributed by atoms with E-state index in [2.05, 4.69) is 11.2 Å². The van der Waals surface area contributed by atoms with E-state index in [1.807, 2.05) is 0 Å². The molecule has 0 bridgehead atoms. The van der Waals surface area contributed by atoms with Crippen LogP contribution in [0.1, 0.15) is 58.3 Å². The summed E-state index contributed by atoms with van der Waals surface area (Å²) in [4.78, 5) is 10.6. The molecule has 0 rings (SSSR count). The van der Waals surface area contributed by atoms with Crippen LogP contribution in [0.25, 0.3) is 0 Å². The lowest BCUT2D eigenvalue weighted by Gasteiger charge is -1.99. The molecule has 0 saturated heterocycles. The highest BCUT2D eigenvalue weighted by atomic mass is 35.5. The van der Waals surface area contributed by atoms with Gasteiger partial charge in [-0.25, -0.2) is 0 Å². The Hall–Kier alpha value is -0.240. The van der Waals surface area contributed by atoms with Crippen molar-refractivity contribution in [1.82, 2.24) is 0 Å². The largest absolute Gasteiger partial charge is 0.348 e. The van der Waals surface area contributed by atoms with Gasteiger partial charge in [-0.3, -0.25) is 4.79 Å². The van der Waals surface area contributed by atoms with Crippen LogP contribution < -0.4 is 0 Å². The maximum Gasteiger partial charge on any atom is 0.324 e. The molecule has 0 spiro atoms. The lowest BCUT2D eigenvalue weighted by Crippen LogP contribution is -1.95. The van der Waals surface area contributed by atoms with Crippen molar-refractivity contribution in [2.24, 2.45) is 0 Å². The van der Waals surface area contributed by atoms with Gasteiger partial charge < -0.3 is 4.29 Å². The van der Waals surface area contributed by atoms with E-state index >= 15 is 0 Å². The zero-order chi connectivity index (χ0) is 9.94. The summed E-state index contributed by atoms with van der Waals surface area (Å²) >= 11 is 4.88. The van der Waals surface area contributed by atoms with Crippen LogP contribution in [0.3, 0.4) is 0 Å². The van der Waals surface area contributed by atoms with Crippen LogP contribution in [0.15, 0.2) is 0 Å². The van der Waals surface area contributed by atoms with Gasteiger partial charge in [0.25, 0.3) is 0 Å². The molecule has 0 aliphatic heterocycles. The Morgan fingerprint density at radius 2 is 1.62 bits per heavy atom. The van der Waals surface area contributed by atoms with Gasteiger partial charge in [-0.2, -0.15) is 0 Å². The minimum atomic E-state index is -0.310. The number of unbranched alkanes of at least 4 members (excludes halogenated alkanes) is 6. The first-order chi connectivity index (χ1) is 6.31. The lowest BCUT2D eigenvalue weighted by atomic mass is 10.1. The second-order valence-corrected chi connectivity index (χ2v) is 3.47. The van der Waals surface area contributed by atoms with Crippen molar-refractivity contribution in [1.29, 1.82) is 0 Å². The molecule has 0 amide bonds. The highest BCUT2D eigenvalue weighted by molar-refractivity contribution is 6.13. The van der Waals surface area contributed by atoms with Gasteiger partial charge in [-0.15, -0.1) is 0 Å². The van der Waals surface area contributed by atoms with Gasteiger partial charge in [0.1, 0.15) is 11.9 Å². The van der Waals surface area contributed by atoms with Crippen molar-refractivity contribution in [3.05, 3.63) is 0 Å². The van der Waals surface area contributed by atoms with E-state index in [1.165, 1.54) is 32.1 Å². The van der Waals surface area contributed by atoms with Crippen molar-refractivity contribution in [3.8, 4) is 0 Å². The van der Waals surface area contributed by atoms with Crippen LogP contribution in [0.5, 0.6) is 0 Å². The van der Waals surface area contributed by atoms with Crippen LogP contribution in [0.4, 0.5) is 0 Å². The molecule has 0 aromatic heterocycles. The Balaban J connectivity index is 2.95. The molecule has 3 heteroatoms. The minimum Gasteiger partial charge on any atom is -0.348 e. The monoisotopic (exact) mass is 206 g/mol. The summed E-state index contributed by atoms with van der Waals surface area (Å²) in [5.74, 6) is -0.310. The summed E-state index contributed by atoms with van der Waals surface area (Å²) in [7, 11) is 0. The molecule has 0 aromatic rings. The van der Waals surface area contributed by atoms with Gasteiger partial charge in [0.05, 0.1) is 0 Å². The van der Waals surface area contributed by atoms with Gasteiger partial charge in [0.15, 0.2) is 0 Å². The van der Waals surface area contributed by atoms with Crippen molar-refractivity contribution in [2.45, 2.75) is 58.3 Å². The van der Waals surface area contributed by atoms with Crippen LogP contribution in [-0.4, -0.2) is 5.97 Å². The molecule has 0 saturated carbocycles. The van der Waals surface area contributed by atoms with Crippen LogP contribution in [0.2, 0.25) is 0 Å². The Bertz CT molecular complexity index is 126. The van der Waals surface area contributed by atoms with Crippen molar-refractivity contribution < 1.29 is 9.08 Å². The number of carbonyl (C=O) groups is 1. The summed E-state index contributed by atoms with van der Waals surface area (Å²) in [6.07, 6.45) is 8.88. The summed E-state index contributed by atoms with van der Waals surface area (Å²) in [5, 5.41) is 0.